The maximum Gasteiger partial charge on any atom is 0.320 e. The summed E-state index contributed by atoms with van der Waals surface area (Å²) in [6, 6.07) is -0.573. The van der Waals surface area contributed by atoms with Crippen molar-refractivity contribution in [2.45, 2.75) is 26.4 Å². The van der Waals surface area contributed by atoms with Gasteiger partial charge in [-0.25, -0.2) is 4.98 Å². The topological polar surface area (TPSA) is 75.4 Å². The number of rotatable bonds is 4. The number of hydrogen-bond acceptors (Lipinski definition) is 4. The van der Waals surface area contributed by atoms with Gasteiger partial charge >= 0.3 is 5.97 Å². The third-order valence-corrected chi connectivity index (χ3v) is 1.79. The first kappa shape index (κ1) is 9.73. The molecule has 1 rings (SSSR count). The minimum Gasteiger partial charge on any atom is -0.480 e. The van der Waals surface area contributed by atoms with Gasteiger partial charge in [0, 0.05) is 6.54 Å². The van der Waals surface area contributed by atoms with Crippen LogP contribution < -0.4 is 5.32 Å². The summed E-state index contributed by atoms with van der Waals surface area (Å²) in [6.45, 7) is 3.78. The number of carboxylic acids is 1. The third kappa shape index (κ3) is 2.55. The quantitative estimate of drug-likeness (QED) is 0.714. The van der Waals surface area contributed by atoms with E-state index in [9.17, 15) is 4.79 Å². The van der Waals surface area contributed by atoms with E-state index in [4.69, 9.17) is 9.52 Å². The van der Waals surface area contributed by atoms with Crippen molar-refractivity contribution in [3.63, 3.8) is 0 Å². The second-order valence-corrected chi connectivity index (χ2v) is 2.80. The molecule has 13 heavy (non-hydrogen) atoms. The molecule has 0 aliphatic rings. The average molecular weight is 184 g/mol. The zero-order valence-corrected chi connectivity index (χ0v) is 7.57. The summed E-state index contributed by atoms with van der Waals surface area (Å²) in [5, 5.41) is 11.4. The van der Waals surface area contributed by atoms with E-state index in [1.54, 1.807) is 13.8 Å². The van der Waals surface area contributed by atoms with Crippen LogP contribution in [0, 0.1) is 6.92 Å². The zero-order valence-electron chi connectivity index (χ0n) is 7.57. The van der Waals surface area contributed by atoms with E-state index in [0.717, 1.165) is 5.69 Å². The number of aryl methyl sites for hydroxylation is 1. The highest BCUT2D eigenvalue weighted by molar-refractivity contribution is 5.72. The summed E-state index contributed by atoms with van der Waals surface area (Å²) in [5.74, 6) is -0.161. The molecule has 0 spiro atoms. The van der Waals surface area contributed by atoms with Gasteiger partial charge in [-0.3, -0.25) is 10.1 Å². The Labute approximate surface area is 75.8 Å². The lowest BCUT2D eigenvalue weighted by Gasteiger charge is -2.06. The maximum atomic E-state index is 10.4. The number of nitrogens with zero attached hydrogens (tertiary/aromatic N) is 1. The average Bonchev–Trinajstić information content (AvgIpc) is 2.47. The molecule has 0 aromatic carbocycles. The number of nitrogens with one attached hydrogen (secondary N) is 1. The highest BCUT2D eigenvalue weighted by atomic mass is 16.4. The Morgan fingerprint density at radius 2 is 2.54 bits per heavy atom. The van der Waals surface area contributed by atoms with E-state index in [1.165, 1.54) is 6.39 Å². The first-order chi connectivity index (χ1) is 6.11. The maximum absolute atomic E-state index is 10.4. The van der Waals surface area contributed by atoms with Crippen LogP contribution in [0.3, 0.4) is 0 Å². The van der Waals surface area contributed by atoms with E-state index in [1.807, 2.05) is 0 Å². The predicted octanol–water partition coefficient (Wildman–Crippen LogP) is 0.546. The molecular formula is C8H12N2O3. The van der Waals surface area contributed by atoms with Crippen molar-refractivity contribution in [1.29, 1.82) is 0 Å². The van der Waals surface area contributed by atoms with Gasteiger partial charge in [0.1, 0.15) is 11.8 Å². The Bertz CT molecular complexity index is 295. The van der Waals surface area contributed by atoms with Gasteiger partial charge in [-0.1, -0.05) is 0 Å². The second-order valence-electron chi connectivity index (χ2n) is 2.80. The molecule has 0 radical (unpaired) electrons. The molecule has 0 saturated carbocycles. The van der Waals surface area contributed by atoms with Crippen LogP contribution in [0.15, 0.2) is 10.8 Å². The minimum atomic E-state index is -0.874. The molecule has 0 amide bonds. The van der Waals surface area contributed by atoms with E-state index < -0.39 is 12.0 Å². The molecule has 5 nitrogen and oxygen atoms in total. The van der Waals surface area contributed by atoms with Crippen molar-refractivity contribution >= 4 is 5.97 Å². The Morgan fingerprint density at radius 3 is 3.00 bits per heavy atom. The largest absolute Gasteiger partial charge is 0.480 e. The van der Waals surface area contributed by atoms with E-state index in [-0.39, 0.29) is 0 Å². The molecule has 0 aliphatic heterocycles. The molecule has 1 aromatic rings. The predicted molar refractivity (Wildman–Crippen MR) is 45.2 cm³/mol. The Hall–Kier alpha value is -1.36. The number of carbonyl (C=O) groups is 1. The highest BCUT2D eigenvalue weighted by Gasteiger charge is 2.11. The van der Waals surface area contributed by atoms with Gasteiger partial charge in [0.25, 0.3) is 0 Å². The third-order valence-electron chi connectivity index (χ3n) is 1.79. The van der Waals surface area contributed by atoms with Crippen molar-refractivity contribution in [2.24, 2.45) is 0 Å². The second kappa shape index (κ2) is 4.04. The normalized spacial score (nSPS) is 12.8. The highest BCUT2D eigenvalue weighted by Crippen LogP contribution is 2.03. The van der Waals surface area contributed by atoms with E-state index >= 15 is 0 Å². The summed E-state index contributed by atoms with van der Waals surface area (Å²) < 4.78 is 4.96. The van der Waals surface area contributed by atoms with Crippen molar-refractivity contribution in [2.75, 3.05) is 0 Å². The molecule has 1 atom stereocenters. The van der Waals surface area contributed by atoms with Crippen LogP contribution >= 0.6 is 0 Å². The number of aromatic nitrogens is 1. The Balaban J connectivity index is 2.44. The molecule has 0 fully saturated rings. The van der Waals surface area contributed by atoms with Gasteiger partial charge in [0.15, 0.2) is 6.39 Å². The summed E-state index contributed by atoms with van der Waals surface area (Å²) in [7, 11) is 0. The Morgan fingerprint density at radius 1 is 1.85 bits per heavy atom. The summed E-state index contributed by atoms with van der Waals surface area (Å²) in [5.41, 5.74) is 0.744. The molecule has 0 bridgehead atoms. The molecule has 72 valence electrons. The van der Waals surface area contributed by atoms with Crippen LogP contribution in [-0.4, -0.2) is 22.1 Å². The van der Waals surface area contributed by atoms with Gasteiger partial charge in [-0.2, -0.15) is 0 Å². The minimum absolute atomic E-state index is 0.413. The number of oxazole rings is 1. The molecule has 0 unspecified atom stereocenters. The lowest BCUT2D eigenvalue weighted by Crippen LogP contribution is -2.33. The van der Waals surface area contributed by atoms with Crippen molar-refractivity contribution in [3.8, 4) is 0 Å². The standard InChI is InChI=1S/C8H12N2O3/c1-5(8(11)12)9-3-7-6(2)13-4-10-7/h4-5,9H,3H2,1-2H3,(H,11,12)/t5-/m1/s1. The molecular weight excluding hydrogens is 172 g/mol. The fourth-order valence-electron chi connectivity index (χ4n) is 0.835. The molecule has 1 aromatic heterocycles. The molecule has 0 saturated heterocycles. The molecule has 0 aliphatic carbocycles. The fourth-order valence-corrected chi connectivity index (χ4v) is 0.835. The number of aliphatic carboxylic acids is 1. The summed E-state index contributed by atoms with van der Waals surface area (Å²) in [4.78, 5) is 14.4. The van der Waals surface area contributed by atoms with Gasteiger partial charge in [-0.05, 0) is 13.8 Å². The Kier molecular flexibility index (Phi) is 3.02. The van der Waals surface area contributed by atoms with Gasteiger partial charge in [0.05, 0.1) is 5.69 Å². The summed E-state index contributed by atoms with van der Waals surface area (Å²) >= 11 is 0. The first-order valence-corrected chi connectivity index (χ1v) is 3.96. The molecule has 2 N–H and O–H groups in total. The van der Waals surface area contributed by atoms with Gasteiger partial charge < -0.3 is 9.52 Å². The smallest absolute Gasteiger partial charge is 0.320 e. The lowest BCUT2D eigenvalue weighted by atomic mass is 10.3. The van der Waals surface area contributed by atoms with E-state index in [2.05, 4.69) is 10.3 Å². The molecule has 5 heteroatoms. The zero-order chi connectivity index (χ0) is 9.84. The van der Waals surface area contributed by atoms with Crippen molar-refractivity contribution in [3.05, 3.63) is 17.8 Å². The lowest BCUT2D eigenvalue weighted by molar-refractivity contribution is -0.139. The molecule has 1 heterocycles. The van der Waals surface area contributed by atoms with Crippen molar-refractivity contribution in [1.82, 2.24) is 10.3 Å². The van der Waals surface area contributed by atoms with Crippen LogP contribution in [0.4, 0.5) is 0 Å². The van der Waals surface area contributed by atoms with Crippen LogP contribution in [0.5, 0.6) is 0 Å². The monoisotopic (exact) mass is 184 g/mol. The van der Waals surface area contributed by atoms with Crippen LogP contribution in [0.25, 0.3) is 0 Å². The SMILES string of the molecule is Cc1ocnc1CN[C@H](C)C(=O)O. The van der Waals surface area contributed by atoms with Crippen LogP contribution in [0.1, 0.15) is 18.4 Å². The van der Waals surface area contributed by atoms with Gasteiger partial charge in [-0.15, -0.1) is 0 Å². The van der Waals surface area contributed by atoms with Crippen LogP contribution in [0.2, 0.25) is 0 Å². The van der Waals surface area contributed by atoms with Gasteiger partial charge in [0.2, 0.25) is 0 Å². The van der Waals surface area contributed by atoms with Crippen LogP contribution in [-0.2, 0) is 11.3 Å². The van der Waals surface area contributed by atoms with E-state index in [0.29, 0.717) is 12.3 Å². The summed E-state index contributed by atoms with van der Waals surface area (Å²) in [6.07, 6.45) is 1.35. The fraction of sp³-hybridized carbons (Fsp3) is 0.500. The number of hydrogen-bond donors (Lipinski definition) is 2. The van der Waals surface area contributed by atoms with Crippen molar-refractivity contribution < 1.29 is 14.3 Å². The number of carboxylic acid groups (broad SMARTS) is 1. The first-order valence-electron chi connectivity index (χ1n) is 3.96.